The number of hydrogen-bond acceptors (Lipinski definition) is 2. The van der Waals surface area contributed by atoms with Crippen LogP contribution in [0.15, 0.2) is 22.7 Å². The summed E-state index contributed by atoms with van der Waals surface area (Å²) in [5.41, 5.74) is 7.91. The number of aliphatic hydroxyl groups excluding tert-OH is 1. The second-order valence-corrected chi connectivity index (χ2v) is 4.56. The van der Waals surface area contributed by atoms with E-state index < -0.39 is 0 Å². The van der Waals surface area contributed by atoms with Gasteiger partial charge < -0.3 is 10.8 Å². The molecule has 1 aromatic rings. The zero-order chi connectivity index (χ0) is 11.3. The van der Waals surface area contributed by atoms with Gasteiger partial charge in [-0.05, 0) is 36.5 Å². The minimum atomic E-state index is -0.380. The molecule has 3 N–H and O–H groups in total. The fraction of sp³-hybridized carbons (Fsp3) is 0.500. The van der Waals surface area contributed by atoms with Gasteiger partial charge in [-0.2, -0.15) is 0 Å². The van der Waals surface area contributed by atoms with Crippen LogP contribution in [0.3, 0.4) is 0 Å². The molecule has 1 unspecified atom stereocenters. The first-order valence-electron chi connectivity index (χ1n) is 5.32. The molecule has 1 aromatic carbocycles. The maximum Gasteiger partial charge on any atom is 0.0665 e. The second kappa shape index (κ2) is 6.26. The van der Waals surface area contributed by atoms with Crippen LogP contribution in [0.4, 0.5) is 0 Å². The lowest BCUT2D eigenvalue weighted by atomic mass is 10.0. The number of aliphatic hydroxyl groups is 1. The van der Waals surface area contributed by atoms with E-state index in [1.54, 1.807) is 0 Å². The molecule has 1 rings (SSSR count). The summed E-state index contributed by atoms with van der Waals surface area (Å²) in [6, 6.07) is 6.38. The molecule has 0 radical (unpaired) electrons. The van der Waals surface area contributed by atoms with Gasteiger partial charge in [0.1, 0.15) is 0 Å². The summed E-state index contributed by atoms with van der Waals surface area (Å²) < 4.78 is 1.16. The molecule has 15 heavy (non-hydrogen) atoms. The lowest BCUT2D eigenvalue weighted by molar-refractivity contribution is 0.173. The number of rotatable bonds is 5. The van der Waals surface area contributed by atoms with Crippen LogP contribution in [0.1, 0.15) is 24.5 Å². The predicted octanol–water partition coefficient (Wildman–Crippen LogP) is 2.26. The van der Waals surface area contributed by atoms with Crippen LogP contribution in [-0.2, 0) is 12.8 Å². The predicted molar refractivity (Wildman–Crippen MR) is 66.9 cm³/mol. The first-order valence-corrected chi connectivity index (χ1v) is 6.12. The van der Waals surface area contributed by atoms with Gasteiger partial charge in [0.15, 0.2) is 0 Å². The Bertz CT molecular complexity index is 314. The van der Waals surface area contributed by atoms with E-state index >= 15 is 0 Å². The highest BCUT2D eigenvalue weighted by Crippen LogP contribution is 2.20. The van der Waals surface area contributed by atoms with Gasteiger partial charge in [0.2, 0.25) is 0 Å². The molecule has 0 spiro atoms. The highest BCUT2D eigenvalue weighted by Gasteiger charge is 2.03. The van der Waals surface area contributed by atoms with Crippen molar-refractivity contribution in [2.75, 3.05) is 6.54 Å². The highest BCUT2D eigenvalue weighted by molar-refractivity contribution is 9.10. The normalized spacial score (nSPS) is 12.8. The lowest BCUT2D eigenvalue weighted by Crippen LogP contribution is -2.20. The molecule has 0 aliphatic rings. The van der Waals surface area contributed by atoms with E-state index in [0.717, 1.165) is 23.7 Å². The second-order valence-electron chi connectivity index (χ2n) is 3.71. The average molecular weight is 272 g/mol. The third-order valence-corrected chi connectivity index (χ3v) is 3.27. The van der Waals surface area contributed by atoms with Crippen molar-refractivity contribution in [1.82, 2.24) is 0 Å². The third-order valence-electron chi connectivity index (χ3n) is 2.54. The number of halogens is 1. The molecule has 0 saturated heterocycles. The average Bonchev–Trinajstić information content (AvgIpc) is 2.26. The minimum Gasteiger partial charge on any atom is -0.392 e. The Morgan fingerprint density at radius 1 is 1.47 bits per heavy atom. The molecule has 0 aliphatic carbocycles. The summed E-state index contributed by atoms with van der Waals surface area (Å²) in [5, 5.41) is 9.35. The van der Waals surface area contributed by atoms with Crippen LogP contribution in [0, 0.1) is 0 Å². The van der Waals surface area contributed by atoms with Crippen LogP contribution in [-0.4, -0.2) is 17.8 Å². The van der Waals surface area contributed by atoms with Gasteiger partial charge in [-0.3, -0.25) is 0 Å². The first-order chi connectivity index (χ1) is 7.17. The number of benzene rings is 1. The Morgan fingerprint density at radius 2 is 2.20 bits per heavy atom. The molecule has 2 nitrogen and oxygen atoms in total. The largest absolute Gasteiger partial charge is 0.392 e. The summed E-state index contributed by atoms with van der Waals surface area (Å²) in [6.07, 6.45) is 2.26. The maximum atomic E-state index is 9.35. The molecule has 3 heteroatoms. The van der Waals surface area contributed by atoms with Crippen LogP contribution in [0.5, 0.6) is 0 Å². The number of aryl methyl sites for hydroxylation is 2. The van der Waals surface area contributed by atoms with Crippen molar-refractivity contribution in [1.29, 1.82) is 0 Å². The molecule has 0 bridgehead atoms. The monoisotopic (exact) mass is 271 g/mol. The molecule has 0 fully saturated rings. The van der Waals surface area contributed by atoms with E-state index in [-0.39, 0.29) is 6.10 Å². The Morgan fingerprint density at radius 3 is 2.73 bits per heavy atom. The van der Waals surface area contributed by atoms with Crippen molar-refractivity contribution in [3.63, 3.8) is 0 Å². The summed E-state index contributed by atoms with van der Waals surface area (Å²) >= 11 is 3.54. The summed E-state index contributed by atoms with van der Waals surface area (Å²) in [5.74, 6) is 0. The third kappa shape index (κ3) is 3.93. The standard InChI is InChI=1S/C12H18BrNO/c1-2-10-5-3-9(7-12(10)13)4-6-11(15)8-14/h3,5,7,11,15H,2,4,6,8,14H2,1H3. The van der Waals surface area contributed by atoms with Gasteiger partial charge >= 0.3 is 0 Å². The van der Waals surface area contributed by atoms with E-state index in [2.05, 4.69) is 41.1 Å². The van der Waals surface area contributed by atoms with Crippen LogP contribution in [0.25, 0.3) is 0 Å². The van der Waals surface area contributed by atoms with Crippen molar-refractivity contribution in [2.24, 2.45) is 5.73 Å². The van der Waals surface area contributed by atoms with E-state index in [4.69, 9.17) is 5.73 Å². The van der Waals surface area contributed by atoms with Gasteiger partial charge in [-0.25, -0.2) is 0 Å². The van der Waals surface area contributed by atoms with Crippen molar-refractivity contribution >= 4 is 15.9 Å². The maximum absolute atomic E-state index is 9.35. The molecule has 0 heterocycles. The van der Waals surface area contributed by atoms with Crippen LogP contribution >= 0.6 is 15.9 Å². The molecule has 0 amide bonds. The van der Waals surface area contributed by atoms with Crippen LogP contribution < -0.4 is 5.73 Å². The number of nitrogens with two attached hydrogens (primary N) is 1. The number of hydrogen-bond donors (Lipinski definition) is 2. The van der Waals surface area contributed by atoms with Gasteiger partial charge in [0.25, 0.3) is 0 Å². The fourth-order valence-electron chi connectivity index (χ4n) is 1.48. The van der Waals surface area contributed by atoms with E-state index in [9.17, 15) is 5.11 Å². The van der Waals surface area contributed by atoms with Crippen LogP contribution in [0.2, 0.25) is 0 Å². The van der Waals surface area contributed by atoms with Crippen molar-refractivity contribution in [3.8, 4) is 0 Å². The quantitative estimate of drug-likeness (QED) is 0.863. The Labute approximate surface area is 99.6 Å². The van der Waals surface area contributed by atoms with Gasteiger partial charge in [0.05, 0.1) is 6.10 Å². The Hall–Kier alpha value is -0.380. The fourth-order valence-corrected chi connectivity index (χ4v) is 2.19. The molecule has 84 valence electrons. The van der Waals surface area contributed by atoms with Gasteiger partial charge in [-0.1, -0.05) is 35.0 Å². The van der Waals surface area contributed by atoms with E-state index in [0.29, 0.717) is 6.54 Å². The molecular formula is C12H18BrNO. The van der Waals surface area contributed by atoms with Crippen molar-refractivity contribution in [2.45, 2.75) is 32.3 Å². The molecular weight excluding hydrogens is 254 g/mol. The smallest absolute Gasteiger partial charge is 0.0665 e. The summed E-state index contributed by atoms with van der Waals surface area (Å²) in [7, 11) is 0. The Balaban J connectivity index is 2.59. The zero-order valence-corrected chi connectivity index (χ0v) is 10.6. The SMILES string of the molecule is CCc1ccc(CCC(O)CN)cc1Br. The zero-order valence-electron chi connectivity index (χ0n) is 9.04. The molecule has 0 saturated carbocycles. The lowest BCUT2D eigenvalue weighted by Gasteiger charge is -2.09. The summed E-state index contributed by atoms with van der Waals surface area (Å²) in [6.45, 7) is 2.48. The highest BCUT2D eigenvalue weighted by atomic mass is 79.9. The van der Waals surface area contributed by atoms with Crippen molar-refractivity contribution in [3.05, 3.63) is 33.8 Å². The Kier molecular flexibility index (Phi) is 5.29. The van der Waals surface area contributed by atoms with Crippen molar-refractivity contribution < 1.29 is 5.11 Å². The van der Waals surface area contributed by atoms with E-state index in [1.807, 2.05) is 0 Å². The molecule has 0 aromatic heterocycles. The van der Waals surface area contributed by atoms with Gasteiger partial charge in [-0.15, -0.1) is 0 Å². The van der Waals surface area contributed by atoms with Gasteiger partial charge in [0, 0.05) is 11.0 Å². The van der Waals surface area contributed by atoms with E-state index in [1.165, 1.54) is 11.1 Å². The molecule has 0 aliphatic heterocycles. The topological polar surface area (TPSA) is 46.2 Å². The minimum absolute atomic E-state index is 0.341. The first kappa shape index (κ1) is 12.7. The summed E-state index contributed by atoms with van der Waals surface area (Å²) in [4.78, 5) is 0. The molecule has 1 atom stereocenters.